The monoisotopic (exact) mass is 256 g/mol. The molecule has 0 fully saturated rings. The summed E-state index contributed by atoms with van der Waals surface area (Å²) in [5, 5.41) is 0. The Morgan fingerprint density at radius 1 is 1.21 bits per heavy atom. The van der Waals surface area contributed by atoms with Crippen molar-refractivity contribution in [3.05, 3.63) is 42.0 Å². The molecule has 0 saturated heterocycles. The van der Waals surface area contributed by atoms with Crippen molar-refractivity contribution in [1.29, 1.82) is 0 Å². The third kappa shape index (κ3) is 6.61. The maximum Gasteiger partial charge on any atom is -0.0149 e. The van der Waals surface area contributed by atoms with Crippen LogP contribution in [0.25, 0.3) is 5.57 Å². The zero-order chi connectivity index (χ0) is 14.3. The maximum atomic E-state index is 5.84. The van der Waals surface area contributed by atoms with Gasteiger partial charge in [-0.2, -0.15) is 0 Å². The summed E-state index contributed by atoms with van der Waals surface area (Å²) in [6.07, 6.45) is 6.43. The first-order valence-electron chi connectivity index (χ1n) is 7.59. The summed E-state index contributed by atoms with van der Waals surface area (Å²) in [7, 11) is 0. The number of hydrogen-bond donors (Lipinski definition) is 0. The Labute approximate surface area is 119 Å². The molecule has 0 heteroatoms. The molecule has 104 valence electrons. The number of aryl methyl sites for hydroxylation is 1. The predicted octanol–water partition coefficient (Wildman–Crippen LogP) is 5.72. The molecule has 0 nitrogen and oxygen atoms in total. The Morgan fingerprint density at radius 3 is 2.58 bits per heavy atom. The van der Waals surface area contributed by atoms with Gasteiger partial charge in [0, 0.05) is 0 Å². The van der Waals surface area contributed by atoms with Gasteiger partial charge in [-0.25, -0.2) is 0 Å². The summed E-state index contributed by atoms with van der Waals surface area (Å²) in [5.74, 6) is 1.64. The summed E-state index contributed by atoms with van der Waals surface area (Å²) in [5.41, 5.74) is 3.32. The van der Waals surface area contributed by atoms with Crippen LogP contribution in [0.1, 0.15) is 64.5 Å². The quantitative estimate of drug-likeness (QED) is 0.558. The van der Waals surface area contributed by atoms with Crippen LogP contribution in [0.2, 0.25) is 0 Å². The van der Waals surface area contributed by atoms with Crippen molar-refractivity contribution in [3.63, 3.8) is 0 Å². The molecular weight excluding hydrogens is 228 g/mol. The highest BCUT2D eigenvalue weighted by atomic mass is 14.1. The van der Waals surface area contributed by atoms with Crippen LogP contribution in [-0.2, 0) is 6.42 Å². The van der Waals surface area contributed by atoms with Crippen LogP contribution in [0.3, 0.4) is 0 Å². The first-order valence-corrected chi connectivity index (χ1v) is 7.59. The Morgan fingerprint density at radius 2 is 1.95 bits per heavy atom. The molecular formula is C19H28. The van der Waals surface area contributed by atoms with Crippen LogP contribution in [0, 0.1) is 24.5 Å². The standard InChI is InChI=1S/C19H28/c1-15(2)8-6-9-17(5)12-13-18-10-7-11-19(14-18)16(3)4/h3,7,11,14-15,17H,6,8-9,12-13H2,1-2,4-5H3. The van der Waals surface area contributed by atoms with Crippen molar-refractivity contribution in [1.82, 2.24) is 0 Å². The fraction of sp³-hybridized carbons (Fsp3) is 0.579. The van der Waals surface area contributed by atoms with E-state index in [4.69, 9.17) is 6.58 Å². The van der Waals surface area contributed by atoms with Crippen LogP contribution < -0.4 is 0 Å². The average molecular weight is 256 g/mol. The summed E-state index contributed by atoms with van der Waals surface area (Å²) in [6.45, 7) is 14.8. The smallest absolute Gasteiger partial charge is 0.0149 e. The lowest BCUT2D eigenvalue weighted by atomic mass is 9.93. The molecule has 1 aromatic carbocycles. The minimum atomic E-state index is 0.804. The highest BCUT2D eigenvalue weighted by Crippen LogP contribution is 2.19. The molecule has 0 aromatic heterocycles. The zero-order valence-electron chi connectivity index (χ0n) is 13.0. The van der Waals surface area contributed by atoms with Crippen molar-refractivity contribution in [3.8, 4) is 0 Å². The second kappa shape index (κ2) is 8.19. The lowest BCUT2D eigenvalue weighted by molar-refractivity contribution is 0.437. The van der Waals surface area contributed by atoms with Gasteiger partial charge in [-0.15, -0.1) is 0 Å². The van der Waals surface area contributed by atoms with Gasteiger partial charge in [0.1, 0.15) is 0 Å². The first kappa shape index (κ1) is 16.0. The van der Waals surface area contributed by atoms with Crippen molar-refractivity contribution in [2.75, 3.05) is 0 Å². The molecule has 0 saturated carbocycles. The van der Waals surface area contributed by atoms with E-state index in [1.807, 2.05) is 19.1 Å². The SMILES string of the molecule is [CH]=C(C)c1cc[c]c(CCC(C)CCCC(C)C)c1. The summed E-state index contributed by atoms with van der Waals surface area (Å²) in [4.78, 5) is 0. The molecule has 0 N–H and O–H groups in total. The lowest BCUT2D eigenvalue weighted by Gasteiger charge is -2.12. The fourth-order valence-electron chi connectivity index (χ4n) is 2.33. The van der Waals surface area contributed by atoms with Crippen LogP contribution in [-0.4, -0.2) is 0 Å². The predicted molar refractivity (Wildman–Crippen MR) is 84.8 cm³/mol. The molecule has 1 rings (SSSR count). The Balaban J connectivity index is 2.35. The summed E-state index contributed by atoms with van der Waals surface area (Å²) < 4.78 is 0. The molecule has 0 aliphatic rings. The summed E-state index contributed by atoms with van der Waals surface area (Å²) in [6, 6.07) is 9.52. The van der Waals surface area contributed by atoms with Gasteiger partial charge in [-0.1, -0.05) is 64.8 Å². The first-order chi connectivity index (χ1) is 8.99. The Kier molecular flexibility index (Phi) is 6.91. The van der Waals surface area contributed by atoms with E-state index in [9.17, 15) is 0 Å². The number of hydrogen-bond acceptors (Lipinski definition) is 0. The van der Waals surface area contributed by atoms with E-state index in [0.29, 0.717) is 0 Å². The van der Waals surface area contributed by atoms with Crippen LogP contribution in [0.15, 0.2) is 18.2 Å². The third-order valence-corrected chi connectivity index (χ3v) is 3.70. The van der Waals surface area contributed by atoms with Crippen molar-refractivity contribution >= 4 is 5.57 Å². The van der Waals surface area contributed by atoms with E-state index in [2.05, 4.69) is 32.9 Å². The van der Waals surface area contributed by atoms with Crippen LogP contribution >= 0.6 is 0 Å². The Hall–Kier alpha value is -1.04. The molecule has 1 atom stereocenters. The average Bonchev–Trinajstić information content (AvgIpc) is 2.36. The van der Waals surface area contributed by atoms with Crippen LogP contribution in [0.4, 0.5) is 0 Å². The second-order valence-corrected chi connectivity index (χ2v) is 6.25. The molecule has 0 amide bonds. The van der Waals surface area contributed by atoms with E-state index in [-0.39, 0.29) is 0 Å². The molecule has 19 heavy (non-hydrogen) atoms. The van der Waals surface area contributed by atoms with Gasteiger partial charge in [0.25, 0.3) is 0 Å². The minimum Gasteiger partial charge on any atom is -0.0628 e. The van der Waals surface area contributed by atoms with Crippen molar-refractivity contribution in [2.45, 2.75) is 59.8 Å². The molecule has 0 bridgehead atoms. The fourth-order valence-corrected chi connectivity index (χ4v) is 2.33. The third-order valence-electron chi connectivity index (χ3n) is 3.70. The van der Waals surface area contributed by atoms with Gasteiger partial charge < -0.3 is 0 Å². The minimum absolute atomic E-state index is 0.804. The Bertz CT molecular complexity index is 387. The molecule has 0 aliphatic heterocycles. The number of rotatable bonds is 8. The van der Waals surface area contributed by atoms with E-state index in [0.717, 1.165) is 29.4 Å². The number of benzene rings is 1. The highest BCUT2D eigenvalue weighted by molar-refractivity contribution is 5.60. The second-order valence-electron chi connectivity index (χ2n) is 6.25. The van der Waals surface area contributed by atoms with Crippen LogP contribution in [0.5, 0.6) is 0 Å². The highest BCUT2D eigenvalue weighted by Gasteiger charge is 2.05. The van der Waals surface area contributed by atoms with Gasteiger partial charge in [0.2, 0.25) is 0 Å². The van der Waals surface area contributed by atoms with Gasteiger partial charge in [-0.05, 0) is 54.4 Å². The molecule has 0 aliphatic carbocycles. The normalized spacial score (nSPS) is 12.7. The van der Waals surface area contributed by atoms with E-state index >= 15 is 0 Å². The molecule has 2 radical (unpaired) electrons. The van der Waals surface area contributed by atoms with Gasteiger partial charge in [0.15, 0.2) is 0 Å². The van der Waals surface area contributed by atoms with Crippen molar-refractivity contribution < 1.29 is 0 Å². The van der Waals surface area contributed by atoms with Crippen molar-refractivity contribution in [2.24, 2.45) is 11.8 Å². The lowest BCUT2D eigenvalue weighted by Crippen LogP contribution is -1.99. The van der Waals surface area contributed by atoms with Gasteiger partial charge in [-0.3, -0.25) is 0 Å². The molecule has 1 aromatic rings. The largest absolute Gasteiger partial charge is 0.0628 e. The van der Waals surface area contributed by atoms with E-state index in [1.165, 1.54) is 31.2 Å². The topological polar surface area (TPSA) is 0 Å². The number of allylic oxidation sites excluding steroid dienone is 1. The van der Waals surface area contributed by atoms with E-state index < -0.39 is 0 Å². The summed E-state index contributed by atoms with van der Waals surface area (Å²) >= 11 is 0. The molecule has 1 unspecified atom stereocenters. The van der Waals surface area contributed by atoms with Gasteiger partial charge >= 0.3 is 0 Å². The molecule has 0 spiro atoms. The maximum absolute atomic E-state index is 5.84. The molecule has 0 heterocycles. The zero-order valence-corrected chi connectivity index (χ0v) is 13.0. The van der Waals surface area contributed by atoms with Gasteiger partial charge in [0.05, 0.1) is 0 Å². The van der Waals surface area contributed by atoms with E-state index in [1.54, 1.807) is 0 Å².